The first-order chi connectivity index (χ1) is 16.3. The van der Waals surface area contributed by atoms with Crippen molar-refractivity contribution in [3.63, 3.8) is 0 Å². The van der Waals surface area contributed by atoms with Gasteiger partial charge in [0.05, 0.1) is 18.7 Å². The van der Waals surface area contributed by atoms with Crippen molar-refractivity contribution in [1.82, 2.24) is 15.5 Å². The van der Waals surface area contributed by atoms with Crippen LogP contribution >= 0.6 is 11.3 Å². The summed E-state index contributed by atoms with van der Waals surface area (Å²) in [5.74, 6) is 0.635. The minimum absolute atomic E-state index is 0.00628. The van der Waals surface area contributed by atoms with Gasteiger partial charge in [0.15, 0.2) is 0 Å². The van der Waals surface area contributed by atoms with Crippen molar-refractivity contribution in [1.29, 1.82) is 0 Å². The van der Waals surface area contributed by atoms with E-state index in [1.165, 1.54) is 0 Å². The Morgan fingerprint density at radius 2 is 1.76 bits per heavy atom. The van der Waals surface area contributed by atoms with Gasteiger partial charge in [-0.2, -0.15) is 0 Å². The highest BCUT2D eigenvalue weighted by Gasteiger charge is 2.16. The van der Waals surface area contributed by atoms with Crippen LogP contribution in [0.5, 0.6) is 5.75 Å². The Balaban J connectivity index is 1.54. The van der Waals surface area contributed by atoms with Crippen molar-refractivity contribution in [2.24, 2.45) is 0 Å². The van der Waals surface area contributed by atoms with E-state index in [4.69, 9.17) is 4.74 Å². The van der Waals surface area contributed by atoms with E-state index in [0.29, 0.717) is 24.3 Å². The second-order valence-electron chi connectivity index (χ2n) is 8.39. The Hall–Kier alpha value is -3.36. The summed E-state index contributed by atoms with van der Waals surface area (Å²) < 4.78 is 5.71. The molecule has 1 unspecified atom stereocenters. The molecule has 0 saturated carbocycles. The van der Waals surface area contributed by atoms with E-state index < -0.39 is 0 Å². The van der Waals surface area contributed by atoms with Crippen LogP contribution in [0.4, 0.5) is 10.5 Å². The van der Waals surface area contributed by atoms with Gasteiger partial charge < -0.3 is 25.6 Å². The Labute approximate surface area is 205 Å². The topological polar surface area (TPSA) is 82.7 Å². The van der Waals surface area contributed by atoms with Gasteiger partial charge in [-0.25, -0.2) is 4.79 Å². The molecule has 3 rings (SSSR count). The number of likely N-dealkylation sites (N-methyl/N-ethyl adjacent to an activating group) is 1. The number of ether oxygens (including phenoxy) is 1. The van der Waals surface area contributed by atoms with Crippen LogP contribution in [0, 0.1) is 0 Å². The number of carbonyl (C=O) groups excluding carboxylic acids is 2. The summed E-state index contributed by atoms with van der Waals surface area (Å²) in [6, 6.07) is 18.4. The first-order valence-electron chi connectivity index (χ1n) is 11.2. The minimum atomic E-state index is -0.331. The molecule has 0 bridgehead atoms. The molecule has 0 aliphatic carbocycles. The Morgan fingerprint density at radius 3 is 2.41 bits per heavy atom. The number of nitrogens with zero attached hydrogens (tertiary/aromatic N) is 1. The molecule has 180 valence electrons. The smallest absolute Gasteiger partial charge is 0.319 e. The maximum atomic E-state index is 12.5. The van der Waals surface area contributed by atoms with Crippen LogP contribution in [0.2, 0.25) is 0 Å². The highest BCUT2D eigenvalue weighted by Crippen LogP contribution is 2.22. The summed E-state index contributed by atoms with van der Waals surface area (Å²) in [7, 11) is 3.95. The standard InChI is InChI=1S/C26H32N4O3S/c1-18(2)33-22-12-10-19(11-13-22)24(30(3)4)17-28-26(32)29-21-8-5-7-20(15-21)25(31)27-16-23-9-6-14-34-23/h5-15,18,24H,16-17H2,1-4H3,(H,27,31)(H2,28,29,32). The van der Waals surface area contributed by atoms with Gasteiger partial charge in [-0.3, -0.25) is 4.79 Å². The zero-order chi connectivity index (χ0) is 24.5. The van der Waals surface area contributed by atoms with Crippen LogP contribution in [0.1, 0.15) is 40.7 Å². The number of hydrogen-bond acceptors (Lipinski definition) is 5. The monoisotopic (exact) mass is 480 g/mol. The van der Waals surface area contributed by atoms with Crippen LogP contribution in [0.3, 0.4) is 0 Å². The molecule has 8 heteroatoms. The highest BCUT2D eigenvalue weighted by molar-refractivity contribution is 7.09. The van der Waals surface area contributed by atoms with Crippen LogP contribution in [-0.2, 0) is 6.54 Å². The van der Waals surface area contributed by atoms with Gasteiger partial charge in [0.1, 0.15) is 5.75 Å². The fraction of sp³-hybridized carbons (Fsp3) is 0.308. The van der Waals surface area contributed by atoms with Crippen LogP contribution < -0.4 is 20.7 Å². The van der Waals surface area contributed by atoms with Gasteiger partial charge in [0.2, 0.25) is 0 Å². The second kappa shape index (κ2) is 12.2. The lowest BCUT2D eigenvalue weighted by atomic mass is 10.1. The highest BCUT2D eigenvalue weighted by atomic mass is 32.1. The summed E-state index contributed by atoms with van der Waals surface area (Å²) >= 11 is 1.59. The van der Waals surface area contributed by atoms with E-state index >= 15 is 0 Å². The number of carbonyl (C=O) groups is 2. The van der Waals surface area contributed by atoms with Crippen molar-refractivity contribution < 1.29 is 14.3 Å². The van der Waals surface area contributed by atoms with Gasteiger partial charge in [0.25, 0.3) is 5.91 Å². The molecule has 0 spiro atoms. The van der Waals surface area contributed by atoms with E-state index in [-0.39, 0.29) is 24.1 Å². The van der Waals surface area contributed by atoms with Gasteiger partial charge >= 0.3 is 6.03 Å². The molecule has 34 heavy (non-hydrogen) atoms. The van der Waals surface area contributed by atoms with Crippen LogP contribution in [-0.4, -0.2) is 43.6 Å². The van der Waals surface area contributed by atoms with E-state index in [2.05, 4.69) is 20.9 Å². The van der Waals surface area contributed by atoms with Crippen LogP contribution in [0.15, 0.2) is 66.0 Å². The summed E-state index contributed by atoms with van der Waals surface area (Å²) in [5, 5.41) is 10.6. The average molecular weight is 481 g/mol. The normalized spacial score (nSPS) is 11.8. The molecule has 0 aliphatic heterocycles. The first-order valence-corrected chi connectivity index (χ1v) is 12.1. The number of nitrogens with one attached hydrogen (secondary N) is 3. The molecule has 3 N–H and O–H groups in total. The van der Waals surface area contributed by atoms with E-state index in [1.54, 1.807) is 35.6 Å². The van der Waals surface area contributed by atoms with E-state index in [9.17, 15) is 9.59 Å². The van der Waals surface area contributed by atoms with Crippen LogP contribution in [0.25, 0.3) is 0 Å². The number of anilines is 1. The van der Waals surface area contributed by atoms with Crippen molar-refractivity contribution in [2.45, 2.75) is 32.5 Å². The van der Waals surface area contributed by atoms with Crippen molar-refractivity contribution >= 4 is 29.0 Å². The maximum Gasteiger partial charge on any atom is 0.319 e. The van der Waals surface area contributed by atoms with E-state index in [1.807, 2.05) is 69.7 Å². The lowest BCUT2D eigenvalue weighted by Gasteiger charge is -2.25. The van der Waals surface area contributed by atoms with Gasteiger partial charge in [-0.05, 0) is 75.3 Å². The zero-order valence-electron chi connectivity index (χ0n) is 20.0. The fourth-order valence-corrected chi connectivity index (χ4v) is 4.07. The molecule has 3 aromatic rings. The molecule has 0 radical (unpaired) electrons. The Bertz CT molecular complexity index is 1070. The molecular formula is C26H32N4O3S. The Kier molecular flexibility index (Phi) is 9.07. The minimum Gasteiger partial charge on any atom is -0.491 e. The molecule has 1 aromatic heterocycles. The summed E-state index contributed by atoms with van der Waals surface area (Å²) in [6.07, 6.45) is 0.117. The molecule has 0 fully saturated rings. The zero-order valence-corrected chi connectivity index (χ0v) is 20.8. The van der Waals surface area contributed by atoms with Gasteiger partial charge in [0, 0.05) is 22.7 Å². The number of thiophene rings is 1. The number of hydrogen-bond donors (Lipinski definition) is 3. The van der Waals surface area contributed by atoms with E-state index in [0.717, 1.165) is 16.2 Å². The predicted molar refractivity (Wildman–Crippen MR) is 138 cm³/mol. The molecule has 1 atom stereocenters. The molecule has 0 saturated heterocycles. The quantitative estimate of drug-likeness (QED) is 0.386. The van der Waals surface area contributed by atoms with Crippen molar-refractivity contribution in [3.8, 4) is 5.75 Å². The lowest BCUT2D eigenvalue weighted by Crippen LogP contribution is -2.37. The first kappa shape index (κ1) is 25.3. The third-order valence-electron chi connectivity index (χ3n) is 5.10. The molecule has 0 aliphatic rings. The average Bonchev–Trinajstić information content (AvgIpc) is 3.32. The number of urea groups is 1. The molecule has 7 nitrogen and oxygen atoms in total. The molecular weight excluding hydrogens is 448 g/mol. The van der Waals surface area contributed by atoms with Gasteiger partial charge in [-0.15, -0.1) is 11.3 Å². The van der Waals surface area contributed by atoms with Crippen molar-refractivity contribution in [2.75, 3.05) is 26.0 Å². The molecule has 3 amide bonds. The Morgan fingerprint density at radius 1 is 1.00 bits per heavy atom. The SMILES string of the molecule is CC(C)Oc1ccc(C(CNC(=O)Nc2cccc(C(=O)NCc3cccs3)c2)N(C)C)cc1. The fourth-order valence-electron chi connectivity index (χ4n) is 3.42. The third kappa shape index (κ3) is 7.60. The lowest BCUT2D eigenvalue weighted by molar-refractivity contribution is 0.0951. The summed E-state index contributed by atoms with van der Waals surface area (Å²) in [5.41, 5.74) is 2.12. The maximum absolute atomic E-state index is 12.5. The third-order valence-corrected chi connectivity index (χ3v) is 5.98. The predicted octanol–water partition coefficient (Wildman–Crippen LogP) is 4.89. The number of rotatable bonds is 10. The largest absolute Gasteiger partial charge is 0.491 e. The second-order valence-corrected chi connectivity index (χ2v) is 9.43. The number of benzene rings is 2. The molecule has 1 heterocycles. The summed E-state index contributed by atoms with van der Waals surface area (Å²) in [6.45, 7) is 4.88. The van der Waals surface area contributed by atoms with Gasteiger partial charge in [-0.1, -0.05) is 24.3 Å². The van der Waals surface area contributed by atoms with Crippen molar-refractivity contribution in [3.05, 3.63) is 82.0 Å². The molecule has 2 aromatic carbocycles. The number of amides is 3. The summed E-state index contributed by atoms with van der Waals surface area (Å²) in [4.78, 5) is 28.1.